The van der Waals surface area contributed by atoms with Crippen LogP contribution in [0.25, 0.3) is 0 Å². The van der Waals surface area contributed by atoms with Gasteiger partial charge in [0.05, 0.1) is 12.7 Å². The van der Waals surface area contributed by atoms with Crippen LogP contribution in [0.15, 0.2) is 0 Å². The van der Waals surface area contributed by atoms with Gasteiger partial charge in [-0.25, -0.2) is 0 Å². The van der Waals surface area contributed by atoms with E-state index in [1.807, 2.05) is 0 Å². The van der Waals surface area contributed by atoms with Gasteiger partial charge in [-0.3, -0.25) is 4.79 Å². The molecule has 2 N–H and O–H groups in total. The van der Waals surface area contributed by atoms with Crippen LogP contribution in [-0.4, -0.2) is 37.4 Å². The van der Waals surface area contributed by atoms with Gasteiger partial charge in [-0.2, -0.15) is 0 Å². The molecule has 4 heteroatoms. The molecule has 0 saturated carbocycles. The first kappa shape index (κ1) is 10.4. The van der Waals surface area contributed by atoms with E-state index in [0.717, 1.165) is 0 Å². The fourth-order valence-electron chi connectivity index (χ4n) is 0.545. The molecule has 0 aromatic carbocycles. The topological polar surface area (TPSA) is 58.6 Å². The minimum absolute atomic E-state index is 0.0900. The Morgan fingerprint density at radius 2 is 2.36 bits per heavy atom. The summed E-state index contributed by atoms with van der Waals surface area (Å²) >= 11 is 0. The summed E-state index contributed by atoms with van der Waals surface area (Å²) in [6.07, 6.45) is -0.134. The summed E-state index contributed by atoms with van der Waals surface area (Å²) in [6.45, 7) is 2.35. The Balaban J connectivity index is 3.23. The largest absolute Gasteiger partial charge is 0.392 e. The van der Waals surface area contributed by atoms with Gasteiger partial charge in [0.1, 0.15) is 0 Å². The van der Waals surface area contributed by atoms with Crippen LogP contribution < -0.4 is 5.32 Å². The van der Waals surface area contributed by atoms with E-state index in [2.05, 4.69) is 5.32 Å². The van der Waals surface area contributed by atoms with Crippen molar-refractivity contribution < 1.29 is 14.6 Å². The molecule has 66 valence electrons. The average Bonchev–Trinajstić information content (AvgIpc) is 1.97. The average molecular weight is 161 g/mol. The van der Waals surface area contributed by atoms with Gasteiger partial charge in [-0.15, -0.1) is 0 Å². The van der Waals surface area contributed by atoms with Gasteiger partial charge in [-0.05, 0) is 6.92 Å². The Morgan fingerprint density at radius 3 is 2.82 bits per heavy atom. The number of carbonyl (C=O) groups excluding carboxylic acids is 1. The minimum atomic E-state index is -0.485. The van der Waals surface area contributed by atoms with E-state index in [4.69, 9.17) is 9.84 Å². The zero-order chi connectivity index (χ0) is 8.69. The summed E-state index contributed by atoms with van der Waals surface area (Å²) in [5.41, 5.74) is 0. The lowest BCUT2D eigenvalue weighted by Crippen LogP contribution is -2.30. The Hall–Kier alpha value is -0.610. The Bertz CT molecular complexity index is 114. The molecule has 0 aromatic heterocycles. The number of hydrogen-bond acceptors (Lipinski definition) is 3. The van der Waals surface area contributed by atoms with Gasteiger partial charge < -0.3 is 15.2 Å². The number of ether oxygens (including phenoxy) is 1. The van der Waals surface area contributed by atoms with Crippen LogP contribution in [0.2, 0.25) is 0 Å². The highest BCUT2D eigenvalue weighted by molar-refractivity contribution is 5.75. The van der Waals surface area contributed by atoms with E-state index in [0.29, 0.717) is 19.6 Å². The first-order chi connectivity index (χ1) is 5.16. The molecule has 0 saturated heterocycles. The van der Waals surface area contributed by atoms with E-state index in [1.54, 1.807) is 14.0 Å². The molecule has 0 unspecified atom stereocenters. The van der Waals surface area contributed by atoms with Crippen LogP contribution in [0, 0.1) is 0 Å². The van der Waals surface area contributed by atoms with E-state index in [9.17, 15) is 4.79 Å². The Morgan fingerprint density at radius 1 is 1.73 bits per heavy atom. The summed E-state index contributed by atoms with van der Waals surface area (Å²) in [4.78, 5) is 10.8. The highest BCUT2D eigenvalue weighted by Gasteiger charge is 2.01. The molecule has 0 rings (SSSR count). The lowest BCUT2D eigenvalue weighted by molar-refractivity contribution is -0.122. The monoisotopic (exact) mass is 161 g/mol. The second-order valence-corrected chi connectivity index (χ2v) is 2.40. The second-order valence-electron chi connectivity index (χ2n) is 2.40. The molecule has 4 nitrogen and oxygen atoms in total. The van der Waals surface area contributed by atoms with Crippen molar-refractivity contribution >= 4 is 5.91 Å². The van der Waals surface area contributed by atoms with Crippen molar-refractivity contribution in [3.63, 3.8) is 0 Å². The number of rotatable bonds is 5. The number of carbonyl (C=O) groups is 1. The molecule has 11 heavy (non-hydrogen) atoms. The molecular formula is C7H15NO3. The summed E-state index contributed by atoms with van der Waals surface area (Å²) < 4.78 is 4.70. The van der Waals surface area contributed by atoms with Crippen LogP contribution in [0.1, 0.15) is 13.3 Å². The summed E-state index contributed by atoms with van der Waals surface area (Å²) in [5.74, 6) is -0.0900. The minimum Gasteiger partial charge on any atom is -0.392 e. The van der Waals surface area contributed by atoms with Gasteiger partial charge in [0.25, 0.3) is 0 Å². The Kier molecular flexibility index (Phi) is 5.78. The third-order valence-electron chi connectivity index (χ3n) is 1.13. The molecule has 0 radical (unpaired) electrons. The molecule has 1 atom stereocenters. The number of aliphatic hydroxyl groups is 1. The van der Waals surface area contributed by atoms with Gasteiger partial charge >= 0.3 is 0 Å². The molecule has 0 spiro atoms. The highest BCUT2D eigenvalue weighted by Crippen LogP contribution is 1.81. The number of aliphatic hydroxyl groups excluding tert-OH is 1. The molecule has 1 amide bonds. The molecule has 0 heterocycles. The molecule has 0 aliphatic rings. The summed E-state index contributed by atoms with van der Waals surface area (Å²) in [6, 6.07) is 0. The van der Waals surface area contributed by atoms with Crippen molar-refractivity contribution in [2.75, 3.05) is 20.3 Å². The first-order valence-electron chi connectivity index (χ1n) is 3.60. The van der Waals surface area contributed by atoms with Crippen molar-refractivity contribution in [1.29, 1.82) is 0 Å². The van der Waals surface area contributed by atoms with Crippen LogP contribution in [0.3, 0.4) is 0 Å². The van der Waals surface area contributed by atoms with Crippen molar-refractivity contribution in [2.45, 2.75) is 19.4 Å². The molecule has 0 aromatic rings. The smallest absolute Gasteiger partial charge is 0.222 e. The van der Waals surface area contributed by atoms with E-state index < -0.39 is 6.10 Å². The van der Waals surface area contributed by atoms with Crippen molar-refractivity contribution in [3.8, 4) is 0 Å². The molecule has 0 fully saturated rings. The predicted octanol–water partition coefficient (Wildman–Crippen LogP) is -0.480. The van der Waals surface area contributed by atoms with E-state index in [-0.39, 0.29) is 5.91 Å². The second kappa shape index (κ2) is 6.12. The van der Waals surface area contributed by atoms with Crippen molar-refractivity contribution in [3.05, 3.63) is 0 Å². The number of nitrogens with one attached hydrogen (secondary N) is 1. The van der Waals surface area contributed by atoms with Crippen LogP contribution in [0.4, 0.5) is 0 Å². The lowest BCUT2D eigenvalue weighted by atomic mass is 10.3. The normalized spacial score (nSPS) is 12.6. The zero-order valence-electron chi connectivity index (χ0n) is 6.96. The third kappa shape index (κ3) is 7.29. The maximum absolute atomic E-state index is 10.8. The highest BCUT2D eigenvalue weighted by atomic mass is 16.5. The van der Waals surface area contributed by atoms with Gasteiger partial charge in [0.15, 0.2) is 0 Å². The number of methoxy groups -OCH3 is 1. The quantitative estimate of drug-likeness (QED) is 0.572. The maximum atomic E-state index is 10.8. The summed E-state index contributed by atoms with van der Waals surface area (Å²) in [5, 5.41) is 11.3. The third-order valence-corrected chi connectivity index (χ3v) is 1.13. The Labute approximate surface area is 66.5 Å². The van der Waals surface area contributed by atoms with Gasteiger partial charge in [0.2, 0.25) is 5.91 Å². The number of amides is 1. The SMILES string of the molecule is COCCC(=O)NC[C@H](C)O. The maximum Gasteiger partial charge on any atom is 0.222 e. The molecular weight excluding hydrogens is 146 g/mol. The van der Waals surface area contributed by atoms with E-state index in [1.165, 1.54) is 0 Å². The molecule has 0 bridgehead atoms. The summed E-state index contributed by atoms with van der Waals surface area (Å²) in [7, 11) is 1.54. The number of hydrogen-bond donors (Lipinski definition) is 2. The predicted molar refractivity (Wildman–Crippen MR) is 41.2 cm³/mol. The molecule has 0 aliphatic heterocycles. The van der Waals surface area contributed by atoms with Gasteiger partial charge in [-0.1, -0.05) is 0 Å². The van der Waals surface area contributed by atoms with Crippen molar-refractivity contribution in [2.24, 2.45) is 0 Å². The molecule has 0 aliphatic carbocycles. The van der Waals surface area contributed by atoms with Crippen LogP contribution in [-0.2, 0) is 9.53 Å². The van der Waals surface area contributed by atoms with Crippen LogP contribution in [0.5, 0.6) is 0 Å². The first-order valence-corrected chi connectivity index (χ1v) is 3.60. The fraction of sp³-hybridized carbons (Fsp3) is 0.857. The fourth-order valence-corrected chi connectivity index (χ4v) is 0.545. The van der Waals surface area contributed by atoms with Crippen molar-refractivity contribution in [1.82, 2.24) is 5.32 Å². The standard InChI is InChI=1S/C7H15NO3/c1-6(9)5-8-7(10)3-4-11-2/h6,9H,3-5H2,1-2H3,(H,8,10)/t6-/m0/s1. The zero-order valence-corrected chi connectivity index (χ0v) is 6.96. The van der Waals surface area contributed by atoms with Gasteiger partial charge in [0, 0.05) is 20.1 Å². The lowest BCUT2D eigenvalue weighted by Gasteiger charge is -2.05. The van der Waals surface area contributed by atoms with E-state index >= 15 is 0 Å². The van der Waals surface area contributed by atoms with Crippen LogP contribution >= 0.6 is 0 Å².